The van der Waals surface area contributed by atoms with Gasteiger partial charge in [-0.1, -0.05) is 0 Å². The van der Waals surface area contributed by atoms with E-state index < -0.39 is 23.3 Å². The zero-order valence-electron chi connectivity index (χ0n) is 10.6. The summed E-state index contributed by atoms with van der Waals surface area (Å²) in [5.74, 6) is -1.97. The van der Waals surface area contributed by atoms with Crippen molar-refractivity contribution in [3.8, 4) is 0 Å². The monoisotopic (exact) mass is 285 g/mol. The lowest BCUT2D eigenvalue weighted by Gasteiger charge is -2.11. The van der Waals surface area contributed by atoms with Gasteiger partial charge >= 0.3 is 12.1 Å². The molecule has 0 atom stereocenters. The predicted molar refractivity (Wildman–Crippen MR) is 64.9 cm³/mol. The van der Waals surface area contributed by atoms with Crippen molar-refractivity contribution in [1.82, 2.24) is 4.57 Å². The molecular formula is C13H10F3NO3. The van der Waals surface area contributed by atoms with Gasteiger partial charge in [0.25, 0.3) is 0 Å². The lowest BCUT2D eigenvalue weighted by atomic mass is 10.0. The van der Waals surface area contributed by atoms with E-state index in [4.69, 9.17) is 5.11 Å². The Morgan fingerprint density at radius 1 is 1.20 bits per heavy atom. The van der Waals surface area contributed by atoms with E-state index in [9.17, 15) is 22.8 Å². The number of rotatable bonds is 2. The topological polar surface area (TPSA) is 59.3 Å². The first kappa shape index (κ1) is 14.1. The van der Waals surface area contributed by atoms with E-state index in [0.29, 0.717) is 0 Å². The Morgan fingerprint density at radius 2 is 1.80 bits per heavy atom. The lowest BCUT2D eigenvalue weighted by Crippen LogP contribution is -2.13. The number of aryl methyl sites for hydroxylation is 1. The Bertz CT molecular complexity index is 729. The summed E-state index contributed by atoms with van der Waals surface area (Å²) < 4.78 is 40.0. The fourth-order valence-corrected chi connectivity index (χ4v) is 2.13. The maximum Gasteiger partial charge on any atom is 0.417 e. The van der Waals surface area contributed by atoms with Crippen LogP contribution in [0.25, 0.3) is 10.9 Å². The molecule has 0 aliphatic rings. The first-order valence-electron chi connectivity index (χ1n) is 5.58. The van der Waals surface area contributed by atoms with Crippen molar-refractivity contribution in [3.05, 3.63) is 35.0 Å². The van der Waals surface area contributed by atoms with Gasteiger partial charge in [0.15, 0.2) is 5.78 Å². The highest BCUT2D eigenvalue weighted by atomic mass is 19.4. The Morgan fingerprint density at radius 3 is 2.25 bits per heavy atom. The summed E-state index contributed by atoms with van der Waals surface area (Å²) in [6.07, 6.45) is -4.78. The van der Waals surface area contributed by atoms with Gasteiger partial charge in [-0.3, -0.25) is 4.79 Å². The third-order valence-corrected chi connectivity index (χ3v) is 3.08. The summed E-state index contributed by atoms with van der Waals surface area (Å²) in [6.45, 7) is 1.29. The highest BCUT2D eigenvalue weighted by Gasteiger charge is 2.36. The van der Waals surface area contributed by atoms with Gasteiger partial charge in [-0.2, -0.15) is 13.2 Å². The quantitative estimate of drug-likeness (QED) is 0.862. The molecule has 1 aromatic carbocycles. The Hall–Kier alpha value is -2.31. The van der Waals surface area contributed by atoms with Crippen LogP contribution in [0.3, 0.4) is 0 Å². The van der Waals surface area contributed by atoms with E-state index in [-0.39, 0.29) is 22.4 Å². The molecule has 0 amide bonds. The van der Waals surface area contributed by atoms with E-state index in [1.807, 2.05) is 0 Å². The Balaban J connectivity index is 2.86. The maximum absolute atomic E-state index is 12.9. The number of hydrogen-bond acceptors (Lipinski definition) is 2. The van der Waals surface area contributed by atoms with Crippen molar-refractivity contribution in [2.75, 3.05) is 0 Å². The minimum atomic E-state index is -4.78. The summed E-state index contributed by atoms with van der Waals surface area (Å²) in [5, 5.41) is 9.18. The van der Waals surface area contributed by atoms with Gasteiger partial charge in [-0.25, -0.2) is 4.79 Å². The predicted octanol–water partition coefficient (Wildman–Crippen LogP) is 3.10. The third kappa shape index (κ3) is 2.15. The minimum absolute atomic E-state index is 0.160. The minimum Gasteiger partial charge on any atom is -0.478 e. The van der Waals surface area contributed by atoms with E-state index in [2.05, 4.69) is 0 Å². The second-order valence-electron chi connectivity index (χ2n) is 4.40. The van der Waals surface area contributed by atoms with Gasteiger partial charge in [0.1, 0.15) is 0 Å². The molecule has 0 bridgehead atoms. The van der Waals surface area contributed by atoms with Crippen molar-refractivity contribution in [3.63, 3.8) is 0 Å². The second kappa shape index (κ2) is 4.36. The fourth-order valence-electron chi connectivity index (χ4n) is 2.13. The molecule has 1 aromatic heterocycles. The normalized spacial score (nSPS) is 11.8. The number of aromatic nitrogens is 1. The Labute approximate surface area is 111 Å². The number of fused-ring (bicyclic) bond motifs is 1. The summed E-state index contributed by atoms with van der Waals surface area (Å²) in [6, 6.07) is 3.07. The van der Waals surface area contributed by atoms with Crippen molar-refractivity contribution < 1.29 is 27.9 Å². The highest BCUT2D eigenvalue weighted by molar-refractivity contribution is 6.01. The van der Waals surface area contributed by atoms with Crippen LogP contribution < -0.4 is 0 Å². The SMILES string of the molecule is CC(=O)c1cc2cc(C(=O)O)c(C(F)(F)F)cc2n1C. The standard InChI is InChI=1S/C13H10F3NO3/c1-6(18)10-4-7-3-8(12(19)20)9(13(14,15)16)5-11(7)17(10)2/h3-5H,1-2H3,(H,19,20). The molecule has 0 spiro atoms. The summed E-state index contributed by atoms with van der Waals surface area (Å²) >= 11 is 0. The number of carboxylic acid groups (broad SMARTS) is 1. The molecule has 0 saturated heterocycles. The van der Waals surface area contributed by atoms with Crippen LogP contribution >= 0.6 is 0 Å². The van der Waals surface area contributed by atoms with E-state index >= 15 is 0 Å². The van der Waals surface area contributed by atoms with Gasteiger partial charge in [0.05, 0.1) is 16.8 Å². The molecule has 1 heterocycles. The number of Topliss-reactive ketones (excluding diaryl/α,β-unsaturated/α-hetero) is 1. The third-order valence-electron chi connectivity index (χ3n) is 3.08. The molecule has 106 valence electrons. The molecule has 0 aliphatic carbocycles. The number of benzene rings is 1. The average molecular weight is 285 g/mol. The fraction of sp³-hybridized carbons (Fsp3) is 0.231. The number of carboxylic acids is 1. The number of ketones is 1. The number of carbonyl (C=O) groups excluding carboxylic acids is 1. The van der Waals surface area contributed by atoms with Crippen LogP contribution in [0.15, 0.2) is 18.2 Å². The molecule has 0 unspecified atom stereocenters. The maximum atomic E-state index is 12.9. The van der Waals surface area contributed by atoms with Crippen molar-refractivity contribution in [2.45, 2.75) is 13.1 Å². The molecule has 0 radical (unpaired) electrons. The molecule has 2 rings (SSSR count). The Kier molecular flexibility index (Phi) is 3.08. The number of nitrogens with zero attached hydrogens (tertiary/aromatic N) is 1. The van der Waals surface area contributed by atoms with Crippen LogP contribution in [0.4, 0.5) is 13.2 Å². The zero-order chi connectivity index (χ0) is 15.2. The molecule has 1 N–H and O–H groups in total. The first-order chi connectivity index (χ1) is 9.12. The van der Waals surface area contributed by atoms with Crippen LogP contribution in [0, 0.1) is 0 Å². The van der Waals surface area contributed by atoms with Crippen LogP contribution in [0.5, 0.6) is 0 Å². The van der Waals surface area contributed by atoms with Gasteiger partial charge < -0.3 is 9.67 Å². The summed E-state index contributed by atoms with van der Waals surface area (Å²) in [5.41, 5.74) is -1.68. The van der Waals surface area contributed by atoms with Crippen LogP contribution in [-0.2, 0) is 13.2 Å². The second-order valence-corrected chi connectivity index (χ2v) is 4.40. The van der Waals surface area contributed by atoms with Gasteiger partial charge in [-0.05, 0) is 18.2 Å². The van der Waals surface area contributed by atoms with Crippen LogP contribution in [0.1, 0.15) is 33.3 Å². The smallest absolute Gasteiger partial charge is 0.417 e. The van der Waals surface area contributed by atoms with Crippen LogP contribution in [-0.4, -0.2) is 21.4 Å². The van der Waals surface area contributed by atoms with Crippen LogP contribution in [0.2, 0.25) is 0 Å². The van der Waals surface area contributed by atoms with Crippen molar-refractivity contribution in [2.24, 2.45) is 7.05 Å². The van der Waals surface area contributed by atoms with Crippen molar-refractivity contribution in [1.29, 1.82) is 0 Å². The average Bonchev–Trinajstić information content (AvgIpc) is 2.64. The summed E-state index contributed by atoms with van der Waals surface area (Å²) in [4.78, 5) is 22.3. The van der Waals surface area contributed by atoms with E-state index in [1.54, 1.807) is 0 Å². The first-order valence-corrected chi connectivity index (χ1v) is 5.58. The molecule has 20 heavy (non-hydrogen) atoms. The van der Waals surface area contributed by atoms with Gasteiger partial charge in [0, 0.05) is 24.9 Å². The molecule has 4 nitrogen and oxygen atoms in total. The number of hydrogen-bond donors (Lipinski definition) is 1. The van der Waals surface area contributed by atoms with Gasteiger partial charge in [0.2, 0.25) is 0 Å². The largest absolute Gasteiger partial charge is 0.478 e. The van der Waals surface area contributed by atoms with E-state index in [1.165, 1.54) is 24.6 Å². The molecule has 0 saturated carbocycles. The number of alkyl halides is 3. The number of aromatic carboxylic acids is 1. The van der Waals surface area contributed by atoms with Crippen molar-refractivity contribution >= 4 is 22.7 Å². The number of halogens is 3. The van der Waals surface area contributed by atoms with E-state index in [0.717, 1.165) is 12.1 Å². The molecule has 2 aromatic rings. The molecular weight excluding hydrogens is 275 g/mol. The lowest BCUT2D eigenvalue weighted by molar-refractivity contribution is -0.138. The zero-order valence-corrected chi connectivity index (χ0v) is 10.6. The molecule has 7 heteroatoms. The molecule has 0 fully saturated rings. The number of carbonyl (C=O) groups is 2. The summed E-state index contributed by atoms with van der Waals surface area (Å²) in [7, 11) is 1.46. The molecule has 0 aliphatic heterocycles. The van der Waals surface area contributed by atoms with Gasteiger partial charge in [-0.15, -0.1) is 0 Å². The highest BCUT2D eigenvalue weighted by Crippen LogP contribution is 2.35.